The standard InChI is InChI=1S/C26H32ClN3O5/c1-19-14-28-30(15-19)10-11-34-24-12-20(6-7-23(24)33-2)16-29-9-8-25(31)26(32,17-29)18-35-22-5-3-4-21(27)13-22/h3-7,12-15,25,31-32H,8-11,16-18H2,1-2H3/t25-,26-/m0/s1. The summed E-state index contributed by atoms with van der Waals surface area (Å²) in [6, 6.07) is 12.8. The number of nitrogens with zero attached hydrogens (tertiary/aromatic N) is 3. The first kappa shape index (κ1) is 25.3. The number of benzene rings is 2. The number of hydrogen-bond acceptors (Lipinski definition) is 7. The third-order valence-corrected chi connectivity index (χ3v) is 6.33. The van der Waals surface area contributed by atoms with Crippen molar-refractivity contribution in [2.45, 2.75) is 38.1 Å². The van der Waals surface area contributed by atoms with E-state index in [0.717, 1.165) is 11.1 Å². The van der Waals surface area contributed by atoms with Gasteiger partial charge in [-0.1, -0.05) is 23.7 Å². The number of rotatable bonds is 10. The molecule has 188 valence electrons. The van der Waals surface area contributed by atoms with Crippen LogP contribution < -0.4 is 14.2 Å². The zero-order valence-electron chi connectivity index (χ0n) is 20.1. The molecule has 9 heteroatoms. The van der Waals surface area contributed by atoms with Crippen LogP contribution in [0.3, 0.4) is 0 Å². The quantitative estimate of drug-likeness (QED) is 0.440. The molecule has 0 saturated carbocycles. The summed E-state index contributed by atoms with van der Waals surface area (Å²) >= 11 is 6.02. The van der Waals surface area contributed by atoms with E-state index < -0.39 is 11.7 Å². The summed E-state index contributed by atoms with van der Waals surface area (Å²) in [4.78, 5) is 2.10. The van der Waals surface area contributed by atoms with Crippen molar-refractivity contribution in [3.8, 4) is 17.2 Å². The number of ether oxygens (including phenoxy) is 3. The molecule has 1 fully saturated rings. The Morgan fingerprint density at radius 2 is 2.03 bits per heavy atom. The van der Waals surface area contributed by atoms with Crippen LogP contribution in [0.1, 0.15) is 17.5 Å². The Hall–Kier alpha value is -2.78. The lowest BCUT2D eigenvalue weighted by atomic mass is 9.90. The summed E-state index contributed by atoms with van der Waals surface area (Å²) in [5.74, 6) is 1.87. The monoisotopic (exact) mass is 501 g/mol. The third-order valence-electron chi connectivity index (χ3n) is 6.10. The zero-order chi connectivity index (χ0) is 24.8. The van der Waals surface area contributed by atoms with E-state index in [2.05, 4.69) is 10.00 Å². The predicted molar refractivity (Wildman–Crippen MR) is 133 cm³/mol. The fourth-order valence-electron chi connectivity index (χ4n) is 4.22. The second-order valence-corrected chi connectivity index (χ2v) is 9.42. The summed E-state index contributed by atoms with van der Waals surface area (Å²) in [7, 11) is 1.62. The SMILES string of the molecule is COc1ccc(CN2CC[C@H](O)[C@@](O)(COc3cccc(Cl)c3)C2)cc1OCCn1cc(C)cn1. The average molecular weight is 502 g/mol. The van der Waals surface area contributed by atoms with Crippen molar-refractivity contribution in [1.82, 2.24) is 14.7 Å². The number of methoxy groups -OCH3 is 1. The van der Waals surface area contributed by atoms with Crippen LogP contribution in [0.25, 0.3) is 0 Å². The smallest absolute Gasteiger partial charge is 0.161 e. The van der Waals surface area contributed by atoms with E-state index in [1.165, 1.54) is 0 Å². The molecule has 2 atom stereocenters. The van der Waals surface area contributed by atoms with Gasteiger partial charge in [-0.2, -0.15) is 5.10 Å². The van der Waals surface area contributed by atoms with Crippen LogP contribution in [-0.4, -0.2) is 70.0 Å². The number of piperidine rings is 1. The molecule has 2 heterocycles. The first-order valence-corrected chi connectivity index (χ1v) is 12.0. The van der Waals surface area contributed by atoms with Crippen LogP contribution in [0.5, 0.6) is 17.2 Å². The average Bonchev–Trinajstić information content (AvgIpc) is 3.25. The Morgan fingerprint density at radius 3 is 2.77 bits per heavy atom. The summed E-state index contributed by atoms with van der Waals surface area (Å²) in [6.45, 7) is 4.57. The number of aliphatic hydroxyl groups is 2. The maximum Gasteiger partial charge on any atom is 0.161 e. The number of aromatic nitrogens is 2. The van der Waals surface area contributed by atoms with Crippen LogP contribution in [0.4, 0.5) is 0 Å². The van der Waals surface area contributed by atoms with E-state index in [4.69, 9.17) is 25.8 Å². The van der Waals surface area contributed by atoms with E-state index in [1.807, 2.05) is 42.2 Å². The highest BCUT2D eigenvalue weighted by Gasteiger charge is 2.42. The summed E-state index contributed by atoms with van der Waals surface area (Å²) < 4.78 is 19.1. The molecule has 0 unspecified atom stereocenters. The fourth-order valence-corrected chi connectivity index (χ4v) is 4.40. The molecule has 0 aliphatic carbocycles. The first-order chi connectivity index (χ1) is 16.8. The number of β-amino-alcohol motifs (C(OH)–C–C–N with tert-alkyl or cyclic N) is 1. The minimum atomic E-state index is -1.39. The molecular weight excluding hydrogens is 470 g/mol. The van der Waals surface area contributed by atoms with Gasteiger partial charge < -0.3 is 24.4 Å². The van der Waals surface area contributed by atoms with Gasteiger partial charge in [0.1, 0.15) is 24.6 Å². The van der Waals surface area contributed by atoms with Crippen molar-refractivity contribution < 1.29 is 24.4 Å². The lowest BCUT2D eigenvalue weighted by molar-refractivity contribution is -0.140. The van der Waals surface area contributed by atoms with Gasteiger partial charge in [0, 0.05) is 30.9 Å². The number of hydrogen-bond donors (Lipinski definition) is 2. The van der Waals surface area contributed by atoms with E-state index in [1.54, 1.807) is 31.4 Å². The van der Waals surface area contributed by atoms with Gasteiger partial charge in [0.25, 0.3) is 0 Å². The summed E-state index contributed by atoms with van der Waals surface area (Å²) in [5, 5.41) is 26.5. The lowest BCUT2D eigenvalue weighted by Gasteiger charge is -2.42. The van der Waals surface area contributed by atoms with Gasteiger partial charge in [0.05, 0.1) is 26.0 Å². The van der Waals surface area contributed by atoms with E-state index in [0.29, 0.717) is 54.9 Å². The number of halogens is 1. The van der Waals surface area contributed by atoms with E-state index >= 15 is 0 Å². The molecule has 1 saturated heterocycles. The van der Waals surface area contributed by atoms with E-state index in [-0.39, 0.29) is 13.2 Å². The van der Waals surface area contributed by atoms with Gasteiger partial charge in [0.2, 0.25) is 0 Å². The van der Waals surface area contributed by atoms with Gasteiger partial charge in [0.15, 0.2) is 11.5 Å². The first-order valence-electron chi connectivity index (χ1n) is 11.6. The van der Waals surface area contributed by atoms with Gasteiger partial charge in [-0.05, 0) is 54.8 Å². The van der Waals surface area contributed by atoms with Crippen LogP contribution in [-0.2, 0) is 13.1 Å². The Bertz CT molecular complexity index is 1120. The molecule has 1 aliphatic rings. The second kappa shape index (κ2) is 11.3. The van der Waals surface area contributed by atoms with Crippen molar-refractivity contribution in [2.75, 3.05) is 33.4 Å². The number of likely N-dealkylation sites (tertiary alicyclic amines) is 1. The number of aryl methyl sites for hydroxylation is 1. The van der Waals surface area contributed by atoms with Gasteiger partial charge in [-0.15, -0.1) is 0 Å². The molecule has 1 aliphatic heterocycles. The molecule has 0 bridgehead atoms. The highest BCUT2D eigenvalue weighted by molar-refractivity contribution is 6.30. The van der Waals surface area contributed by atoms with Gasteiger partial charge >= 0.3 is 0 Å². The minimum absolute atomic E-state index is 0.0329. The van der Waals surface area contributed by atoms with Gasteiger partial charge in [-0.25, -0.2) is 0 Å². The Kier molecular flexibility index (Phi) is 8.18. The lowest BCUT2D eigenvalue weighted by Crippen LogP contribution is -2.59. The largest absolute Gasteiger partial charge is 0.493 e. The highest BCUT2D eigenvalue weighted by Crippen LogP contribution is 2.30. The molecule has 4 rings (SSSR count). The topological polar surface area (TPSA) is 89.2 Å². The second-order valence-electron chi connectivity index (χ2n) is 8.98. The van der Waals surface area contributed by atoms with Gasteiger partial charge in [-0.3, -0.25) is 9.58 Å². The molecule has 0 amide bonds. The molecule has 2 aromatic carbocycles. The van der Waals surface area contributed by atoms with Crippen molar-refractivity contribution in [1.29, 1.82) is 0 Å². The molecule has 1 aromatic heterocycles. The minimum Gasteiger partial charge on any atom is -0.493 e. The zero-order valence-corrected chi connectivity index (χ0v) is 20.8. The molecule has 3 aromatic rings. The summed E-state index contributed by atoms with van der Waals surface area (Å²) in [5.41, 5.74) is 0.730. The Balaban J connectivity index is 1.37. The van der Waals surface area contributed by atoms with Crippen LogP contribution in [0.15, 0.2) is 54.9 Å². The Labute approximate surface area is 210 Å². The van der Waals surface area contributed by atoms with Crippen molar-refractivity contribution >= 4 is 11.6 Å². The Morgan fingerprint density at radius 1 is 1.17 bits per heavy atom. The molecule has 0 radical (unpaired) electrons. The van der Waals surface area contributed by atoms with Crippen LogP contribution in [0.2, 0.25) is 5.02 Å². The normalized spacial score (nSPS) is 20.5. The highest BCUT2D eigenvalue weighted by atomic mass is 35.5. The molecular formula is C26H32ClN3O5. The maximum atomic E-state index is 11.2. The molecule has 2 N–H and O–H groups in total. The van der Waals surface area contributed by atoms with E-state index in [9.17, 15) is 10.2 Å². The summed E-state index contributed by atoms with van der Waals surface area (Å²) in [6.07, 6.45) is 3.36. The molecule has 35 heavy (non-hydrogen) atoms. The third kappa shape index (κ3) is 6.67. The van der Waals surface area contributed by atoms with Crippen molar-refractivity contribution in [2.24, 2.45) is 0 Å². The van der Waals surface area contributed by atoms with Crippen molar-refractivity contribution in [3.05, 3.63) is 71.0 Å². The number of aliphatic hydroxyl groups excluding tert-OH is 1. The van der Waals surface area contributed by atoms with Crippen LogP contribution in [0, 0.1) is 6.92 Å². The predicted octanol–water partition coefficient (Wildman–Crippen LogP) is 3.31. The maximum absolute atomic E-state index is 11.2. The molecule has 8 nitrogen and oxygen atoms in total. The van der Waals surface area contributed by atoms with Crippen molar-refractivity contribution in [3.63, 3.8) is 0 Å². The van der Waals surface area contributed by atoms with Crippen LogP contribution >= 0.6 is 11.6 Å². The fraction of sp³-hybridized carbons (Fsp3) is 0.423. The molecule has 0 spiro atoms.